The van der Waals surface area contributed by atoms with Crippen molar-refractivity contribution in [2.45, 2.75) is 45.1 Å². The van der Waals surface area contributed by atoms with E-state index in [4.69, 9.17) is 9.47 Å². The van der Waals surface area contributed by atoms with Crippen molar-refractivity contribution in [1.29, 1.82) is 0 Å². The maximum atomic E-state index is 13.2. The molecule has 1 amide bonds. The van der Waals surface area contributed by atoms with Crippen molar-refractivity contribution in [3.8, 4) is 0 Å². The van der Waals surface area contributed by atoms with Crippen molar-refractivity contribution >= 4 is 6.09 Å². The number of carbonyl (C=O) groups excluding carboxylic acids is 1. The van der Waals surface area contributed by atoms with Gasteiger partial charge >= 0.3 is 6.09 Å². The zero-order chi connectivity index (χ0) is 19.5. The summed E-state index contributed by atoms with van der Waals surface area (Å²) in [6.45, 7) is 8.24. The Bertz CT molecular complexity index is 784. The molecule has 1 heterocycles. The fourth-order valence-corrected chi connectivity index (χ4v) is 3.54. The number of ether oxygens (including phenoxy) is 2. The minimum Gasteiger partial charge on any atom is -0.436 e. The first kappa shape index (κ1) is 19.2. The van der Waals surface area contributed by atoms with Crippen LogP contribution in [-0.4, -0.2) is 28.9 Å². The lowest BCUT2D eigenvalue weighted by atomic mass is 9.99. The first-order chi connectivity index (χ1) is 12.8. The SMILES string of the molecule is CC1(C)COC(C)(C)N1C(=O)OC(C1=CC=CC=CC=C1)c1ccccc1. The van der Waals surface area contributed by atoms with E-state index < -0.39 is 17.4 Å². The number of carbonyl (C=O) groups is 1. The Morgan fingerprint density at radius 3 is 2.37 bits per heavy atom. The molecular weight excluding hydrogens is 338 g/mol. The third kappa shape index (κ3) is 4.22. The molecule has 142 valence electrons. The predicted molar refractivity (Wildman–Crippen MR) is 107 cm³/mol. The molecule has 4 nitrogen and oxygen atoms in total. The standard InChI is InChI=1S/C23H27NO3/c1-22(2)17-26-23(3,4)24(22)21(25)27-20(19-15-11-8-12-16-19)18-13-9-6-5-7-10-14-18/h5-16,20H,17H2,1-4H3. The topological polar surface area (TPSA) is 38.8 Å². The molecule has 1 aromatic carbocycles. The lowest BCUT2D eigenvalue weighted by Crippen LogP contribution is -2.53. The summed E-state index contributed by atoms with van der Waals surface area (Å²) in [5.41, 5.74) is 0.687. The normalized spacial score (nSPS) is 21.3. The van der Waals surface area contributed by atoms with Crippen LogP contribution in [0, 0.1) is 0 Å². The first-order valence-electron chi connectivity index (χ1n) is 9.23. The molecule has 1 saturated heterocycles. The molecule has 1 atom stereocenters. The number of benzene rings is 1. The van der Waals surface area contributed by atoms with E-state index >= 15 is 0 Å². The van der Waals surface area contributed by atoms with Gasteiger partial charge in [-0.1, -0.05) is 72.9 Å². The van der Waals surface area contributed by atoms with Crippen LogP contribution in [0.25, 0.3) is 0 Å². The zero-order valence-corrected chi connectivity index (χ0v) is 16.4. The molecule has 0 spiro atoms. The molecule has 2 aliphatic rings. The Hall–Kier alpha value is -2.59. The summed E-state index contributed by atoms with van der Waals surface area (Å²) in [7, 11) is 0. The number of rotatable bonds is 3. The van der Waals surface area contributed by atoms with Crippen LogP contribution in [0.4, 0.5) is 4.79 Å². The summed E-state index contributed by atoms with van der Waals surface area (Å²) < 4.78 is 11.9. The Morgan fingerprint density at radius 1 is 1.04 bits per heavy atom. The quantitative estimate of drug-likeness (QED) is 0.728. The Balaban J connectivity index is 1.94. The smallest absolute Gasteiger partial charge is 0.413 e. The van der Waals surface area contributed by atoms with Crippen LogP contribution in [0.2, 0.25) is 0 Å². The fraction of sp³-hybridized carbons (Fsp3) is 0.348. The van der Waals surface area contributed by atoms with E-state index in [0.29, 0.717) is 6.61 Å². The molecule has 0 aromatic heterocycles. The molecule has 0 N–H and O–H groups in total. The van der Waals surface area contributed by atoms with Gasteiger partial charge in [0.25, 0.3) is 0 Å². The molecule has 3 rings (SSSR count). The van der Waals surface area contributed by atoms with Crippen molar-refractivity contribution in [3.05, 3.63) is 84.0 Å². The lowest BCUT2D eigenvalue weighted by Gasteiger charge is -2.37. The highest BCUT2D eigenvalue weighted by Gasteiger charge is 2.50. The molecule has 4 heteroatoms. The third-order valence-corrected chi connectivity index (χ3v) is 4.75. The molecule has 0 bridgehead atoms. The van der Waals surface area contributed by atoms with Crippen LogP contribution in [0.15, 0.2) is 78.4 Å². The summed E-state index contributed by atoms with van der Waals surface area (Å²) >= 11 is 0. The highest BCUT2D eigenvalue weighted by atomic mass is 16.6. The van der Waals surface area contributed by atoms with E-state index in [2.05, 4.69) is 0 Å². The largest absolute Gasteiger partial charge is 0.436 e. The molecule has 1 unspecified atom stereocenters. The maximum Gasteiger partial charge on any atom is 0.413 e. The van der Waals surface area contributed by atoms with Gasteiger partial charge < -0.3 is 9.47 Å². The van der Waals surface area contributed by atoms with Crippen molar-refractivity contribution in [2.24, 2.45) is 0 Å². The van der Waals surface area contributed by atoms with Gasteiger partial charge in [-0.2, -0.15) is 0 Å². The van der Waals surface area contributed by atoms with Crippen LogP contribution >= 0.6 is 0 Å². The monoisotopic (exact) mass is 365 g/mol. The first-order valence-corrected chi connectivity index (χ1v) is 9.23. The highest BCUT2D eigenvalue weighted by molar-refractivity contribution is 5.71. The van der Waals surface area contributed by atoms with E-state index in [1.165, 1.54) is 0 Å². The van der Waals surface area contributed by atoms with Gasteiger partial charge in [0.05, 0.1) is 12.1 Å². The molecule has 27 heavy (non-hydrogen) atoms. The van der Waals surface area contributed by atoms with E-state index in [-0.39, 0.29) is 6.09 Å². The summed E-state index contributed by atoms with van der Waals surface area (Å²) in [6.07, 6.45) is 12.8. The average Bonchev–Trinajstić information content (AvgIpc) is 2.81. The highest BCUT2D eigenvalue weighted by Crippen LogP contribution is 2.37. The van der Waals surface area contributed by atoms with Gasteiger partial charge in [0.2, 0.25) is 0 Å². The van der Waals surface area contributed by atoms with Gasteiger partial charge in [-0.05, 0) is 38.8 Å². The lowest BCUT2D eigenvalue weighted by molar-refractivity contribution is -0.0561. The van der Waals surface area contributed by atoms with E-state index in [1.54, 1.807) is 4.90 Å². The summed E-state index contributed by atoms with van der Waals surface area (Å²) in [4.78, 5) is 14.9. The number of nitrogens with zero attached hydrogens (tertiary/aromatic N) is 1. The average molecular weight is 365 g/mol. The van der Waals surface area contributed by atoms with Gasteiger partial charge in [-0.25, -0.2) is 4.79 Å². The predicted octanol–water partition coefficient (Wildman–Crippen LogP) is 5.32. The summed E-state index contributed by atoms with van der Waals surface area (Å²) in [5, 5.41) is 0. The number of hydrogen-bond donors (Lipinski definition) is 0. The molecule has 1 aliphatic carbocycles. The summed E-state index contributed by atoms with van der Waals surface area (Å²) in [6, 6.07) is 9.80. The molecule has 1 aliphatic heterocycles. The number of allylic oxidation sites excluding steroid dienone is 6. The second-order valence-corrected chi connectivity index (χ2v) is 7.85. The van der Waals surface area contributed by atoms with Crippen LogP contribution < -0.4 is 0 Å². The number of amides is 1. The van der Waals surface area contributed by atoms with Gasteiger partial charge in [-0.3, -0.25) is 4.90 Å². The van der Waals surface area contributed by atoms with Crippen LogP contribution in [0.3, 0.4) is 0 Å². The van der Waals surface area contributed by atoms with Gasteiger partial charge in [-0.15, -0.1) is 0 Å². The van der Waals surface area contributed by atoms with Crippen molar-refractivity contribution < 1.29 is 14.3 Å². The van der Waals surface area contributed by atoms with Gasteiger partial charge in [0, 0.05) is 0 Å². The second kappa shape index (κ2) is 7.57. The third-order valence-electron chi connectivity index (χ3n) is 4.75. The van der Waals surface area contributed by atoms with Crippen molar-refractivity contribution in [2.75, 3.05) is 6.61 Å². The van der Waals surface area contributed by atoms with E-state index in [9.17, 15) is 4.79 Å². The van der Waals surface area contributed by atoms with Gasteiger partial charge in [0.1, 0.15) is 5.72 Å². The summed E-state index contributed by atoms with van der Waals surface area (Å²) in [5.74, 6) is 0. The van der Waals surface area contributed by atoms with Crippen molar-refractivity contribution in [1.82, 2.24) is 4.90 Å². The molecular formula is C23H27NO3. The molecule has 1 aromatic rings. The Labute approximate surface area is 161 Å². The fourth-order valence-electron chi connectivity index (χ4n) is 3.54. The maximum absolute atomic E-state index is 13.2. The Kier molecular flexibility index (Phi) is 5.38. The molecule has 0 saturated carbocycles. The second-order valence-electron chi connectivity index (χ2n) is 7.85. The molecule has 1 fully saturated rings. The van der Waals surface area contributed by atoms with Crippen LogP contribution in [0.5, 0.6) is 0 Å². The van der Waals surface area contributed by atoms with E-state index in [1.807, 2.05) is 101 Å². The van der Waals surface area contributed by atoms with Gasteiger partial charge in [0.15, 0.2) is 6.10 Å². The number of hydrogen-bond acceptors (Lipinski definition) is 3. The molecule has 0 radical (unpaired) electrons. The van der Waals surface area contributed by atoms with Crippen molar-refractivity contribution in [3.63, 3.8) is 0 Å². The minimum atomic E-state index is -0.713. The van der Waals surface area contributed by atoms with E-state index in [0.717, 1.165) is 11.1 Å². The zero-order valence-electron chi connectivity index (χ0n) is 16.4. The van der Waals surface area contributed by atoms with Crippen LogP contribution in [0.1, 0.15) is 39.4 Å². The van der Waals surface area contributed by atoms with Crippen LogP contribution in [-0.2, 0) is 9.47 Å². The minimum absolute atomic E-state index is 0.382. The Morgan fingerprint density at radius 2 is 1.70 bits per heavy atom.